The van der Waals surface area contributed by atoms with Gasteiger partial charge >= 0.3 is 0 Å². The van der Waals surface area contributed by atoms with E-state index >= 15 is 0 Å². The first kappa shape index (κ1) is 15.4. The van der Waals surface area contributed by atoms with Crippen molar-refractivity contribution in [2.45, 2.75) is 30.3 Å². The zero-order chi connectivity index (χ0) is 14.4. The number of carbonyl (C=O) groups is 1. The second-order valence-corrected chi connectivity index (χ2v) is 6.08. The van der Waals surface area contributed by atoms with Crippen LogP contribution in [0, 0.1) is 0 Å². The van der Waals surface area contributed by atoms with Crippen molar-refractivity contribution < 1.29 is 4.79 Å². The summed E-state index contributed by atoms with van der Waals surface area (Å²) in [5.74, 6) is -0.246. The Balaban J connectivity index is 2.03. The standard InChI is InChI=1S/C15H23N3OS/c1-20-14-4-2-12(3-5-14)10-18(11-15(16)19)13-6-8-17-9-7-13/h2-5,13,17H,6-11H2,1H3,(H2,16,19). The first-order valence-corrected chi connectivity index (χ1v) is 8.27. The monoisotopic (exact) mass is 293 g/mol. The van der Waals surface area contributed by atoms with Gasteiger partial charge in [0.2, 0.25) is 5.91 Å². The van der Waals surface area contributed by atoms with Crippen LogP contribution in [0.5, 0.6) is 0 Å². The summed E-state index contributed by atoms with van der Waals surface area (Å²) >= 11 is 1.74. The number of thioether (sulfide) groups is 1. The number of primary amides is 1. The molecule has 3 N–H and O–H groups in total. The van der Waals surface area contributed by atoms with E-state index in [1.165, 1.54) is 10.5 Å². The van der Waals surface area contributed by atoms with Crippen LogP contribution in [0.15, 0.2) is 29.2 Å². The minimum Gasteiger partial charge on any atom is -0.369 e. The van der Waals surface area contributed by atoms with E-state index < -0.39 is 0 Å². The number of nitrogens with zero attached hydrogens (tertiary/aromatic N) is 1. The summed E-state index contributed by atoms with van der Waals surface area (Å²) in [7, 11) is 0. The van der Waals surface area contributed by atoms with Crippen molar-refractivity contribution >= 4 is 17.7 Å². The summed E-state index contributed by atoms with van der Waals surface area (Å²) in [6.45, 7) is 3.17. The van der Waals surface area contributed by atoms with Crippen molar-refractivity contribution in [3.8, 4) is 0 Å². The van der Waals surface area contributed by atoms with E-state index in [2.05, 4.69) is 40.7 Å². The molecule has 0 spiro atoms. The number of rotatable bonds is 6. The van der Waals surface area contributed by atoms with Crippen LogP contribution in [0.1, 0.15) is 18.4 Å². The Morgan fingerprint density at radius 1 is 1.35 bits per heavy atom. The number of amides is 1. The van der Waals surface area contributed by atoms with Gasteiger partial charge in [0.15, 0.2) is 0 Å². The quantitative estimate of drug-likeness (QED) is 0.780. The fraction of sp³-hybridized carbons (Fsp3) is 0.533. The minimum absolute atomic E-state index is 0.246. The third-order valence-corrected chi connectivity index (χ3v) is 4.47. The summed E-state index contributed by atoms with van der Waals surface area (Å²) < 4.78 is 0. The number of nitrogens with two attached hydrogens (primary N) is 1. The minimum atomic E-state index is -0.246. The van der Waals surface area contributed by atoms with Gasteiger partial charge in [-0.1, -0.05) is 12.1 Å². The predicted octanol–water partition coefficient (Wildman–Crippen LogP) is 1.45. The molecule has 0 saturated carbocycles. The van der Waals surface area contributed by atoms with E-state index in [0.717, 1.165) is 32.5 Å². The molecule has 1 aromatic carbocycles. The predicted molar refractivity (Wildman–Crippen MR) is 83.7 cm³/mol. The Morgan fingerprint density at radius 3 is 2.55 bits per heavy atom. The van der Waals surface area contributed by atoms with Crippen LogP contribution in [0.25, 0.3) is 0 Å². The molecule has 0 unspecified atom stereocenters. The molecule has 1 heterocycles. The summed E-state index contributed by atoms with van der Waals surface area (Å²) in [6.07, 6.45) is 4.23. The Labute approximate surface area is 125 Å². The lowest BCUT2D eigenvalue weighted by Gasteiger charge is -2.33. The molecule has 0 aromatic heterocycles. The number of hydrogen-bond acceptors (Lipinski definition) is 4. The van der Waals surface area contributed by atoms with Crippen LogP contribution < -0.4 is 11.1 Å². The van der Waals surface area contributed by atoms with Crippen molar-refractivity contribution in [2.75, 3.05) is 25.9 Å². The number of nitrogens with one attached hydrogen (secondary N) is 1. The average molecular weight is 293 g/mol. The molecule has 5 heteroatoms. The molecule has 110 valence electrons. The van der Waals surface area contributed by atoms with Crippen LogP contribution in [0.2, 0.25) is 0 Å². The van der Waals surface area contributed by atoms with Crippen molar-refractivity contribution in [2.24, 2.45) is 5.73 Å². The highest BCUT2D eigenvalue weighted by atomic mass is 32.2. The average Bonchev–Trinajstić information content (AvgIpc) is 2.48. The SMILES string of the molecule is CSc1ccc(CN(CC(N)=O)C2CCNCC2)cc1. The number of piperidine rings is 1. The largest absolute Gasteiger partial charge is 0.369 e. The molecule has 1 aromatic rings. The van der Waals surface area contributed by atoms with Gasteiger partial charge in [-0.25, -0.2) is 0 Å². The lowest BCUT2D eigenvalue weighted by atomic mass is 10.0. The number of carbonyl (C=O) groups excluding carboxylic acids is 1. The van der Waals surface area contributed by atoms with E-state index in [1.54, 1.807) is 11.8 Å². The van der Waals surface area contributed by atoms with Gasteiger partial charge in [-0.15, -0.1) is 11.8 Å². The zero-order valence-electron chi connectivity index (χ0n) is 12.0. The molecule has 1 aliphatic rings. The smallest absolute Gasteiger partial charge is 0.231 e. The van der Waals surface area contributed by atoms with E-state index in [9.17, 15) is 4.79 Å². The maximum Gasteiger partial charge on any atom is 0.231 e. The maximum absolute atomic E-state index is 11.3. The van der Waals surface area contributed by atoms with Gasteiger partial charge in [-0.05, 0) is 49.9 Å². The molecule has 2 rings (SSSR count). The van der Waals surface area contributed by atoms with E-state index in [4.69, 9.17) is 5.73 Å². The summed E-state index contributed by atoms with van der Waals surface area (Å²) in [5.41, 5.74) is 6.64. The van der Waals surface area contributed by atoms with Crippen LogP contribution in [0.4, 0.5) is 0 Å². The molecule has 0 radical (unpaired) electrons. The van der Waals surface area contributed by atoms with E-state index in [1.807, 2.05) is 0 Å². The molecule has 0 bridgehead atoms. The van der Waals surface area contributed by atoms with E-state index in [0.29, 0.717) is 12.6 Å². The molecule has 1 fully saturated rings. The van der Waals surface area contributed by atoms with Gasteiger partial charge in [0.1, 0.15) is 0 Å². The van der Waals surface area contributed by atoms with Crippen LogP contribution >= 0.6 is 11.8 Å². The normalized spacial score (nSPS) is 16.5. The second kappa shape index (κ2) is 7.67. The molecule has 0 atom stereocenters. The third-order valence-electron chi connectivity index (χ3n) is 3.73. The second-order valence-electron chi connectivity index (χ2n) is 5.20. The fourth-order valence-electron chi connectivity index (χ4n) is 2.65. The highest BCUT2D eigenvalue weighted by molar-refractivity contribution is 7.98. The molecule has 1 amide bonds. The Hall–Kier alpha value is -1.04. The topological polar surface area (TPSA) is 58.4 Å². The van der Waals surface area contributed by atoms with Gasteiger partial charge < -0.3 is 11.1 Å². The van der Waals surface area contributed by atoms with Crippen molar-refractivity contribution in [3.63, 3.8) is 0 Å². The van der Waals surface area contributed by atoms with Gasteiger partial charge in [0.25, 0.3) is 0 Å². The Morgan fingerprint density at radius 2 is 2.00 bits per heavy atom. The highest BCUT2D eigenvalue weighted by Gasteiger charge is 2.22. The maximum atomic E-state index is 11.3. The van der Waals surface area contributed by atoms with Gasteiger partial charge in [0, 0.05) is 17.5 Å². The lowest BCUT2D eigenvalue weighted by molar-refractivity contribution is -0.120. The summed E-state index contributed by atoms with van der Waals surface area (Å²) in [5, 5.41) is 3.36. The Kier molecular flexibility index (Phi) is 5.88. The van der Waals surface area contributed by atoms with Crippen molar-refractivity contribution in [1.29, 1.82) is 0 Å². The summed E-state index contributed by atoms with van der Waals surface area (Å²) in [4.78, 5) is 14.8. The third kappa shape index (κ3) is 4.51. The number of hydrogen-bond donors (Lipinski definition) is 2. The molecule has 20 heavy (non-hydrogen) atoms. The molecule has 1 saturated heterocycles. The lowest BCUT2D eigenvalue weighted by Crippen LogP contribution is -2.46. The molecule has 0 aliphatic carbocycles. The number of benzene rings is 1. The molecule has 1 aliphatic heterocycles. The fourth-order valence-corrected chi connectivity index (χ4v) is 3.06. The molecular weight excluding hydrogens is 270 g/mol. The van der Waals surface area contributed by atoms with Crippen molar-refractivity contribution in [3.05, 3.63) is 29.8 Å². The molecular formula is C15H23N3OS. The van der Waals surface area contributed by atoms with Crippen LogP contribution in [-0.2, 0) is 11.3 Å². The van der Waals surface area contributed by atoms with Crippen LogP contribution in [0.3, 0.4) is 0 Å². The van der Waals surface area contributed by atoms with Gasteiger partial charge in [-0.2, -0.15) is 0 Å². The molecule has 4 nitrogen and oxygen atoms in total. The van der Waals surface area contributed by atoms with Crippen molar-refractivity contribution in [1.82, 2.24) is 10.2 Å². The van der Waals surface area contributed by atoms with E-state index in [-0.39, 0.29) is 5.91 Å². The Bertz CT molecular complexity index is 429. The van der Waals surface area contributed by atoms with Gasteiger partial charge in [0.05, 0.1) is 6.54 Å². The zero-order valence-corrected chi connectivity index (χ0v) is 12.8. The highest BCUT2D eigenvalue weighted by Crippen LogP contribution is 2.18. The van der Waals surface area contributed by atoms with Gasteiger partial charge in [-0.3, -0.25) is 9.69 Å². The first-order chi connectivity index (χ1) is 9.69. The van der Waals surface area contributed by atoms with Crippen LogP contribution in [-0.4, -0.2) is 42.7 Å². The summed E-state index contributed by atoms with van der Waals surface area (Å²) in [6, 6.07) is 8.99. The first-order valence-electron chi connectivity index (χ1n) is 7.05.